The number of thiazole rings is 1. The highest BCUT2D eigenvalue weighted by atomic mass is 32.1. The minimum absolute atomic E-state index is 0.0927. The lowest BCUT2D eigenvalue weighted by Crippen LogP contribution is -2.31. The van der Waals surface area contributed by atoms with E-state index in [2.05, 4.69) is 4.98 Å². The number of aliphatic hydroxyl groups is 1. The van der Waals surface area contributed by atoms with E-state index in [-0.39, 0.29) is 27.9 Å². The van der Waals surface area contributed by atoms with Crippen molar-refractivity contribution < 1.29 is 38.1 Å². The number of carbonyl (C=O) groups excluding carboxylic acids is 3. The van der Waals surface area contributed by atoms with Crippen LogP contribution in [0.15, 0.2) is 94.6 Å². The number of ketones is 1. The fourth-order valence-corrected chi connectivity index (χ4v) is 6.02. The molecule has 11 heteroatoms. The van der Waals surface area contributed by atoms with Gasteiger partial charge in [0.15, 0.2) is 28.0 Å². The molecule has 44 heavy (non-hydrogen) atoms. The van der Waals surface area contributed by atoms with Crippen molar-refractivity contribution in [2.75, 3.05) is 18.6 Å². The number of carbonyl (C=O) groups is 3. The molecule has 1 N–H and O–H groups in total. The summed E-state index contributed by atoms with van der Waals surface area (Å²) in [6, 6.07) is 21.6. The standard InChI is InChI=1S/C33H26N2O8S/c1-4-41-32(39)30-18(2)34-33(44-30)35-26(19-10-8-14-22(16-19)42-21-12-6-5-7-13-21)25(28(37)31(35)38)27(36)24-17-20-11-9-15-23(40-3)29(20)43-24/h5-17,26,37H,4H2,1-3H3. The number of ether oxygens (including phenoxy) is 3. The van der Waals surface area contributed by atoms with Gasteiger partial charge in [0.1, 0.15) is 16.4 Å². The number of benzene rings is 3. The first-order chi connectivity index (χ1) is 21.3. The summed E-state index contributed by atoms with van der Waals surface area (Å²) in [6.07, 6.45) is 0. The highest BCUT2D eigenvalue weighted by Crippen LogP contribution is 2.45. The van der Waals surface area contributed by atoms with E-state index in [0.717, 1.165) is 11.3 Å². The Bertz CT molecular complexity index is 1940. The van der Waals surface area contributed by atoms with Gasteiger partial charge in [-0.15, -0.1) is 0 Å². The fourth-order valence-electron chi connectivity index (χ4n) is 5.04. The van der Waals surface area contributed by atoms with Crippen molar-refractivity contribution in [2.45, 2.75) is 19.9 Å². The molecule has 1 atom stereocenters. The Morgan fingerprint density at radius 2 is 1.77 bits per heavy atom. The lowest BCUT2D eigenvalue weighted by atomic mass is 9.95. The summed E-state index contributed by atoms with van der Waals surface area (Å²) in [7, 11) is 1.49. The van der Waals surface area contributed by atoms with Crippen LogP contribution in [0, 0.1) is 6.92 Å². The number of furan rings is 1. The van der Waals surface area contributed by atoms with Gasteiger partial charge >= 0.3 is 5.97 Å². The Morgan fingerprint density at radius 3 is 2.52 bits per heavy atom. The zero-order chi connectivity index (χ0) is 31.0. The van der Waals surface area contributed by atoms with E-state index in [1.807, 2.05) is 18.2 Å². The van der Waals surface area contributed by atoms with Crippen molar-refractivity contribution in [1.29, 1.82) is 0 Å². The summed E-state index contributed by atoms with van der Waals surface area (Å²) in [4.78, 5) is 46.3. The normalized spacial score (nSPS) is 14.8. The molecule has 1 unspecified atom stereocenters. The van der Waals surface area contributed by atoms with E-state index in [9.17, 15) is 19.5 Å². The van der Waals surface area contributed by atoms with Crippen molar-refractivity contribution in [3.63, 3.8) is 0 Å². The summed E-state index contributed by atoms with van der Waals surface area (Å²) in [5.74, 6) is -1.53. The van der Waals surface area contributed by atoms with E-state index in [1.54, 1.807) is 68.4 Å². The van der Waals surface area contributed by atoms with Crippen LogP contribution in [-0.2, 0) is 9.53 Å². The van der Waals surface area contributed by atoms with Crippen LogP contribution in [0.25, 0.3) is 11.0 Å². The summed E-state index contributed by atoms with van der Waals surface area (Å²) < 4.78 is 22.5. The SMILES string of the molecule is CCOC(=O)c1sc(N2C(=O)C(O)=C(C(=O)c3cc4cccc(OC)c4o3)C2c2cccc(Oc3ccccc3)c2)nc1C. The van der Waals surface area contributed by atoms with Gasteiger partial charge in [-0.05, 0) is 55.8 Å². The van der Waals surface area contributed by atoms with Gasteiger partial charge < -0.3 is 23.7 Å². The first-order valence-electron chi connectivity index (χ1n) is 13.7. The molecule has 3 heterocycles. The maximum atomic E-state index is 14.1. The number of fused-ring (bicyclic) bond motifs is 1. The summed E-state index contributed by atoms with van der Waals surface area (Å²) in [6.45, 7) is 3.47. The maximum absolute atomic E-state index is 14.1. The number of rotatable bonds is 9. The summed E-state index contributed by atoms with van der Waals surface area (Å²) >= 11 is 0.933. The first kappa shape index (κ1) is 28.7. The largest absolute Gasteiger partial charge is 0.503 e. The van der Waals surface area contributed by atoms with Gasteiger partial charge in [-0.1, -0.05) is 53.8 Å². The van der Waals surface area contributed by atoms with Crippen LogP contribution in [-0.4, -0.2) is 41.5 Å². The molecular weight excluding hydrogens is 584 g/mol. The van der Waals surface area contributed by atoms with E-state index in [1.165, 1.54) is 18.1 Å². The number of esters is 1. The molecule has 0 aliphatic carbocycles. The van der Waals surface area contributed by atoms with E-state index < -0.39 is 29.5 Å². The van der Waals surface area contributed by atoms with Crippen molar-refractivity contribution in [2.24, 2.45) is 0 Å². The van der Waals surface area contributed by atoms with Crippen LogP contribution in [0.4, 0.5) is 5.13 Å². The third-order valence-electron chi connectivity index (χ3n) is 7.01. The van der Waals surface area contributed by atoms with Crippen molar-refractivity contribution in [3.05, 3.63) is 112 Å². The average Bonchev–Trinajstić information content (AvgIpc) is 3.71. The Hall–Kier alpha value is -5.42. The van der Waals surface area contributed by atoms with Gasteiger partial charge in [0.05, 0.1) is 31.0 Å². The number of anilines is 1. The minimum atomic E-state index is -1.13. The summed E-state index contributed by atoms with van der Waals surface area (Å²) in [5.41, 5.74) is 0.942. The third kappa shape index (κ3) is 5.07. The molecule has 10 nitrogen and oxygen atoms in total. The van der Waals surface area contributed by atoms with Crippen LogP contribution >= 0.6 is 11.3 Å². The number of aliphatic hydroxyl groups excluding tert-OH is 1. The molecule has 5 aromatic rings. The fraction of sp³-hybridized carbons (Fsp3) is 0.152. The second kappa shape index (κ2) is 11.7. The molecule has 1 amide bonds. The zero-order valence-electron chi connectivity index (χ0n) is 23.9. The van der Waals surface area contributed by atoms with Gasteiger partial charge in [0.25, 0.3) is 5.91 Å². The van der Waals surface area contributed by atoms with Crippen molar-refractivity contribution in [1.82, 2.24) is 4.98 Å². The third-order valence-corrected chi connectivity index (χ3v) is 8.15. The van der Waals surface area contributed by atoms with Crippen molar-refractivity contribution in [3.8, 4) is 17.2 Å². The highest BCUT2D eigenvalue weighted by Gasteiger charge is 2.47. The van der Waals surface area contributed by atoms with Gasteiger partial charge in [0.2, 0.25) is 5.78 Å². The highest BCUT2D eigenvalue weighted by molar-refractivity contribution is 7.17. The van der Waals surface area contributed by atoms with Gasteiger partial charge in [-0.25, -0.2) is 9.78 Å². The molecule has 2 aromatic heterocycles. The topological polar surface area (TPSA) is 128 Å². The number of hydrogen-bond donors (Lipinski definition) is 1. The van der Waals surface area contributed by atoms with Crippen LogP contribution in [0.3, 0.4) is 0 Å². The number of nitrogens with zero attached hydrogens (tertiary/aromatic N) is 2. The maximum Gasteiger partial charge on any atom is 0.350 e. The van der Waals surface area contributed by atoms with Crippen molar-refractivity contribution >= 4 is 45.1 Å². The first-order valence-corrected chi connectivity index (χ1v) is 14.5. The molecule has 0 spiro atoms. The van der Waals surface area contributed by atoms with Gasteiger partial charge in [-0.3, -0.25) is 14.5 Å². The molecule has 0 fully saturated rings. The molecule has 0 bridgehead atoms. The van der Waals surface area contributed by atoms with E-state index in [4.69, 9.17) is 18.6 Å². The predicted octanol–water partition coefficient (Wildman–Crippen LogP) is 6.96. The average molecular weight is 611 g/mol. The number of methoxy groups -OCH3 is 1. The van der Waals surface area contributed by atoms with E-state index >= 15 is 0 Å². The second-order valence-electron chi connectivity index (χ2n) is 9.78. The number of Topliss-reactive ketones (excluding diaryl/α,β-unsaturated/α-hetero) is 1. The van der Waals surface area contributed by atoms with E-state index in [0.29, 0.717) is 39.5 Å². The molecule has 3 aromatic carbocycles. The molecular formula is C33H26N2O8S. The quantitative estimate of drug-likeness (QED) is 0.139. The Morgan fingerprint density at radius 1 is 1.02 bits per heavy atom. The number of para-hydroxylation sites is 2. The lowest BCUT2D eigenvalue weighted by Gasteiger charge is -2.24. The molecule has 0 saturated heterocycles. The Kier molecular flexibility index (Phi) is 7.62. The zero-order valence-corrected chi connectivity index (χ0v) is 24.7. The lowest BCUT2D eigenvalue weighted by molar-refractivity contribution is -0.117. The smallest absolute Gasteiger partial charge is 0.350 e. The Labute approximate surface area is 255 Å². The monoisotopic (exact) mass is 610 g/mol. The summed E-state index contributed by atoms with van der Waals surface area (Å²) in [5, 5.41) is 12.0. The Balaban J connectivity index is 1.47. The molecule has 222 valence electrons. The molecule has 0 radical (unpaired) electrons. The number of hydrogen-bond acceptors (Lipinski definition) is 10. The van der Waals surface area contributed by atoms with Crippen LogP contribution in [0.1, 0.15) is 44.4 Å². The van der Waals surface area contributed by atoms with Gasteiger partial charge in [0, 0.05) is 5.39 Å². The predicted molar refractivity (Wildman–Crippen MR) is 163 cm³/mol. The van der Waals surface area contributed by atoms with Crippen LogP contribution in [0.5, 0.6) is 17.2 Å². The molecule has 1 aliphatic rings. The number of aryl methyl sites for hydroxylation is 1. The van der Waals surface area contributed by atoms with Crippen LogP contribution in [0.2, 0.25) is 0 Å². The minimum Gasteiger partial charge on any atom is -0.503 e. The van der Waals surface area contributed by atoms with Crippen LogP contribution < -0.4 is 14.4 Å². The molecule has 1 aliphatic heterocycles. The van der Waals surface area contributed by atoms with Gasteiger partial charge in [-0.2, -0.15) is 0 Å². The number of aromatic nitrogens is 1. The molecule has 0 saturated carbocycles. The second-order valence-corrected chi connectivity index (χ2v) is 10.8. The number of amides is 1. The molecule has 6 rings (SSSR count).